The van der Waals surface area contributed by atoms with Crippen molar-refractivity contribution in [2.75, 3.05) is 26.6 Å². The molecule has 4 rings (SSSR count). The monoisotopic (exact) mass is 401 g/mol. The first kappa shape index (κ1) is 20.1. The highest BCUT2D eigenvalue weighted by Crippen LogP contribution is 2.56. The molecule has 0 radical (unpaired) electrons. The highest BCUT2D eigenvalue weighted by molar-refractivity contribution is 5.67. The zero-order valence-electron chi connectivity index (χ0n) is 17.7. The molecular weight excluding hydrogens is 370 g/mol. The maximum Gasteiger partial charge on any atom is 0.407 e. The molecule has 1 N–H and O–H groups in total. The van der Waals surface area contributed by atoms with Gasteiger partial charge in [-0.15, -0.1) is 0 Å². The van der Waals surface area contributed by atoms with Crippen LogP contribution in [0.5, 0.6) is 11.5 Å². The molecule has 2 bridgehead atoms. The number of alkyl carbamates (subject to hydrolysis) is 1. The molecule has 0 unspecified atom stereocenters. The first-order valence-corrected chi connectivity index (χ1v) is 10.6. The van der Waals surface area contributed by atoms with Gasteiger partial charge in [0.15, 0.2) is 11.5 Å². The quantitative estimate of drug-likeness (QED) is 0.738. The fraction of sp³-hybridized carbons (Fsp3) is 0.609. The Morgan fingerprint density at radius 2 is 2.07 bits per heavy atom. The molecule has 1 aromatic carbocycles. The van der Waals surface area contributed by atoms with E-state index in [9.17, 15) is 4.79 Å². The maximum absolute atomic E-state index is 12.1. The Balaban J connectivity index is 1.57. The lowest BCUT2D eigenvalue weighted by atomic mass is 9.56. The van der Waals surface area contributed by atoms with Crippen molar-refractivity contribution in [2.45, 2.75) is 40.2 Å². The molecule has 29 heavy (non-hydrogen) atoms. The standard InChI is InChI=1S/C23H31NO5/c1-5-8-24-22(25)27-12-23-11-26-21(20(16(23)4)14(2)9-15(23)3)17-6-7-18-19(10-17)29-13-28-18/h6-7,9-10,15-16,20-21H,5,8,11-13H2,1-4H3,(H,24,25)/t15-,16-,20+,21+,23+/m0/s1. The number of hydrogen-bond acceptors (Lipinski definition) is 5. The number of benzene rings is 1. The van der Waals surface area contributed by atoms with Crippen LogP contribution in [0.15, 0.2) is 29.8 Å². The number of rotatable bonds is 5. The van der Waals surface area contributed by atoms with Gasteiger partial charge in [0.1, 0.15) is 6.61 Å². The zero-order chi connectivity index (χ0) is 20.6. The highest BCUT2D eigenvalue weighted by Gasteiger charge is 2.54. The molecule has 1 amide bonds. The van der Waals surface area contributed by atoms with Crippen LogP contribution in [0, 0.1) is 23.2 Å². The smallest absolute Gasteiger partial charge is 0.407 e. The van der Waals surface area contributed by atoms with E-state index in [1.165, 1.54) is 5.57 Å². The van der Waals surface area contributed by atoms with Gasteiger partial charge in [0.25, 0.3) is 0 Å². The third-order valence-corrected chi connectivity index (χ3v) is 6.97. The predicted molar refractivity (Wildman–Crippen MR) is 109 cm³/mol. The van der Waals surface area contributed by atoms with Gasteiger partial charge in [-0.3, -0.25) is 0 Å². The van der Waals surface area contributed by atoms with Gasteiger partial charge in [0.2, 0.25) is 6.79 Å². The van der Waals surface area contributed by atoms with Crippen molar-refractivity contribution in [3.63, 3.8) is 0 Å². The largest absolute Gasteiger partial charge is 0.454 e. The predicted octanol–water partition coefficient (Wildman–Crippen LogP) is 4.46. The number of allylic oxidation sites excluding steroid dienone is 1. The summed E-state index contributed by atoms with van der Waals surface area (Å²) in [4.78, 5) is 12.1. The second-order valence-electron chi connectivity index (χ2n) is 8.59. The van der Waals surface area contributed by atoms with Crippen LogP contribution in [0.25, 0.3) is 0 Å². The summed E-state index contributed by atoms with van der Waals surface area (Å²) >= 11 is 0. The molecule has 158 valence electrons. The van der Waals surface area contributed by atoms with Crippen molar-refractivity contribution in [1.82, 2.24) is 5.32 Å². The summed E-state index contributed by atoms with van der Waals surface area (Å²) in [6.45, 7) is 10.5. The van der Waals surface area contributed by atoms with Crippen molar-refractivity contribution >= 4 is 6.09 Å². The van der Waals surface area contributed by atoms with Crippen LogP contribution in [0.3, 0.4) is 0 Å². The van der Waals surface area contributed by atoms with Gasteiger partial charge < -0.3 is 24.3 Å². The Morgan fingerprint density at radius 3 is 2.86 bits per heavy atom. The number of hydrogen-bond donors (Lipinski definition) is 1. The number of carbonyl (C=O) groups excluding carboxylic acids is 1. The molecule has 0 aromatic heterocycles. The number of ether oxygens (including phenoxy) is 4. The van der Waals surface area contributed by atoms with Crippen molar-refractivity contribution < 1.29 is 23.7 Å². The second-order valence-corrected chi connectivity index (χ2v) is 8.59. The first-order chi connectivity index (χ1) is 14.0. The van der Waals surface area contributed by atoms with Crippen LogP contribution < -0.4 is 14.8 Å². The number of fused-ring (bicyclic) bond motifs is 3. The minimum absolute atomic E-state index is 0.0507. The van der Waals surface area contributed by atoms with E-state index >= 15 is 0 Å². The molecule has 6 nitrogen and oxygen atoms in total. The number of carbonyl (C=O) groups is 1. The number of nitrogens with one attached hydrogen (secondary N) is 1. The lowest BCUT2D eigenvalue weighted by Gasteiger charge is -2.55. The van der Waals surface area contributed by atoms with E-state index in [-0.39, 0.29) is 36.2 Å². The molecule has 2 aliphatic heterocycles. The van der Waals surface area contributed by atoms with E-state index in [1.54, 1.807) is 0 Å². The summed E-state index contributed by atoms with van der Waals surface area (Å²) in [5.41, 5.74) is 2.21. The molecule has 1 aromatic rings. The molecule has 1 fully saturated rings. The summed E-state index contributed by atoms with van der Waals surface area (Å²) in [5.74, 6) is 2.36. The molecule has 3 aliphatic rings. The van der Waals surface area contributed by atoms with Crippen LogP contribution in [0.2, 0.25) is 0 Å². The average molecular weight is 402 g/mol. The van der Waals surface area contributed by atoms with Gasteiger partial charge >= 0.3 is 6.09 Å². The maximum atomic E-state index is 12.1. The van der Waals surface area contributed by atoms with Crippen LogP contribution in [0.1, 0.15) is 45.8 Å². The average Bonchev–Trinajstić information content (AvgIpc) is 3.17. The Hall–Kier alpha value is -2.21. The topological polar surface area (TPSA) is 66.0 Å². The van der Waals surface area contributed by atoms with E-state index in [4.69, 9.17) is 18.9 Å². The third-order valence-electron chi connectivity index (χ3n) is 6.97. The summed E-state index contributed by atoms with van der Waals surface area (Å²) in [6.07, 6.45) is 2.82. The first-order valence-electron chi connectivity index (χ1n) is 10.6. The lowest BCUT2D eigenvalue weighted by molar-refractivity contribution is -0.165. The minimum Gasteiger partial charge on any atom is -0.454 e. The SMILES string of the molecule is CCCNC(=O)OC[C@]12CO[C@H](c3ccc4c(c3)OCO4)[C@H](C(C)=C[C@@H]1C)[C@@H]2C. The normalized spacial score (nSPS) is 32.5. The molecule has 2 heterocycles. The van der Waals surface area contributed by atoms with Gasteiger partial charge in [0, 0.05) is 17.9 Å². The Kier molecular flexibility index (Phi) is 5.47. The molecule has 6 heteroatoms. The van der Waals surface area contributed by atoms with Gasteiger partial charge in [0.05, 0.1) is 12.7 Å². The third kappa shape index (κ3) is 3.48. The minimum atomic E-state index is -0.346. The van der Waals surface area contributed by atoms with Crippen molar-refractivity contribution in [1.29, 1.82) is 0 Å². The van der Waals surface area contributed by atoms with E-state index in [0.29, 0.717) is 25.7 Å². The molecule has 1 saturated heterocycles. The summed E-state index contributed by atoms with van der Waals surface area (Å²) in [7, 11) is 0. The molecule has 1 aliphatic carbocycles. The van der Waals surface area contributed by atoms with Gasteiger partial charge in [-0.25, -0.2) is 4.79 Å². The van der Waals surface area contributed by atoms with Crippen molar-refractivity contribution in [2.24, 2.45) is 23.2 Å². The summed E-state index contributed by atoms with van der Waals surface area (Å²) in [6, 6.07) is 6.06. The van der Waals surface area contributed by atoms with Gasteiger partial charge in [-0.05, 0) is 42.9 Å². The molecular formula is C23H31NO5. The zero-order valence-corrected chi connectivity index (χ0v) is 17.7. The highest BCUT2D eigenvalue weighted by atomic mass is 16.7. The Bertz CT molecular complexity index is 806. The summed E-state index contributed by atoms with van der Waals surface area (Å²) < 4.78 is 23.1. The molecule has 5 atom stereocenters. The molecule has 0 spiro atoms. The van der Waals surface area contributed by atoms with E-state index in [1.807, 2.05) is 19.1 Å². The van der Waals surface area contributed by atoms with Crippen LogP contribution >= 0.6 is 0 Å². The van der Waals surface area contributed by atoms with E-state index < -0.39 is 0 Å². The van der Waals surface area contributed by atoms with Crippen LogP contribution in [-0.4, -0.2) is 32.6 Å². The Labute approximate surface area is 172 Å². The van der Waals surface area contributed by atoms with E-state index in [0.717, 1.165) is 23.5 Å². The lowest BCUT2D eigenvalue weighted by Crippen LogP contribution is -2.54. The van der Waals surface area contributed by atoms with Crippen molar-refractivity contribution in [3.8, 4) is 11.5 Å². The fourth-order valence-electron chi connectivity index (χ4n) is 5.13. The summed E-state index contributed by atoms with van der Waals surface area (Å²) in [5, 5.41) is 2.80. The van der Waals surface area contributed by atoms with Gasteiger partial charge in [-0.2, -0.15) is 0 Å². The van der Waals surface area contributed by atoms with Gasteiger partial charge in [-0.1, -0.05) is 38.5 Å². The second kappa shape index (κ2) is 7.90. The fourth-order valence-corrected chi connectivity index (χ4v) is 5.13. The number of amides is 1. The van der Waals surface area contributed by atoms with E-state index in [2.05, 4.69) is 38.2 Å². The Morgan fingerprint density at radius 1 is 1.28 bits per heavy atom. The van der Waals surface area contributed by atoms with Crippen LogP contribution in [0.4, 0.5) is 4.79 Å². The molecule has 0 saturated carbocycles. The van der Waals surface area contributed by atoms with Crippen LogP contribution in [-0.2, 0) is 9.47 Å². The van der Waals surface area contributed by atoms with Crippen molar-refractivity contribution in [3.05, 3.63) is 35.4 Å².